The topological polar surface area (TPSA) is 16.1 Å². The zero-order chi connectivity index (χ0) is 16.4. The van der Waals surface area contributed by atoms with E-state index >= 15 is 0 Å². The van der Waals surface area contributed by atoms with Crippen molar-refractivity contribution in [1.82, 2.24) is 9.88 Å². The molecule has 0 aliphatic rings. The Morgan fingerprint density at radius 1 is 1.09 bits per heavy atom. The summed E-state index contributed by atoms with van der Waals surface area (Å²) in [6.07, 6.45) is 1.82. The third-order valence-corrected chi connectivity index (χ3v) is 4.08. The van der Waals surface area contributed by atoms with E-state index in [1.807, 2.05) is 30.3 Å². The number of fused-ring (bicyclic) bond motifs is 1. The number of halogens is 1. The van der Waals surface area contributed by atoms with Crippen LogP contribution in [0.4, 0.5) is 0 Å². The quantitative estimate of drug-likeness (QED) is 0.651. The maximum absolute atomic E-state index is 6.44. The first-order valence-corrected chi connectivity index (χ1v) is 7.91. The summed E-state index contributed by atoms with van der Waals surface area (Å²) in [6, 6.07) is 16.4. The molecule has 0 saturated heterocycles. The summed E-state index contributed by atoms with van der Waals surface area (Å²) in [5, 5.41) is 1.68. The average molecular weight is 323 g/mol. The lowest BCUT2D eigenvalue weighted by Crippen LogP contribution is -2.10. The third kappa shape index (κ3) is 3.44. The summed E-state index contributed by atoms with van der Waals surface area (Å²) < 4.78 is 0. The lowest BCUT2D eigenvalue weighted by atomic mass is 10.1. The van der Waals surface area contributed by atoms with Crippen molar-refractivity contribution in [2.45, 2.75) is 6.54 Å². The molecule has 2 nitrogen and oxygen atoms in total. The van der Waals surface area contributed by atoms with Crippen LogP contribution in [0, 0.1) is 0 Å². The molecule has 0 aliphatic carbocycles. The van der Waals surface area contributed by atoms with E-state index in [0.717, 1.165) is 39.3 Å². The van der Waals surface area contributed by atoms with Gasteiger partial charge < -0.3 is 4.90 Å². The van der Waals surface area contributed by atoms with Gasteiger partial charge in [0.25, 0.3) is 0 Å². The fourth-order valence-electron chi connectivity index (χ4n) is 2.62. The Morgan fingerprint density at radius 3 is 2.48 bits per heavy atom. The van der Waals surface area contributed by atoms with Crippen LogP contribution in [0.2, 0.25) is 5.02 Å². The van der Waals surface area contributed by atoms with Crippen LogP contribution in [0.5, 0.6) is 0 Å². The van der Waals surface area contributed by atoms with Crippen molar-refractivity contribution in [3.05, 3.63) is 71.3 Å². The highest BCUT2D eigenvalue weighted by Crippen LogP contribution is 2.29. The van der Waals surface area contributed by atoms with Gasteiger partial charge in [-0.25, -0.2) is 4.98 Å². The Hall–Kier alpha value is -2.16. The highest BCUT2D eigenvalue weighted by Gasteiger charge is 2.07. The summed E-state index contributed by atoms with van der Waals surface area (Å²) in [4.78, 5) is 6.91. The molecule has 0 aliphatic heterocycles. The van der Waals surface area contributed by atoms with E-state index in [1.165, 1.54) is 5.56 Å². The molecule has 3 rings (SSSR count). The molecule has 0 amide bonds. The summed E-state index contributed by atoms with van der Waals surface area (Å²) in [6.45, 7) is 4.73. The van der Waals surface area contributed by atoms with Crippen LogP contribution in [0.25, 0.3) is 28.2 Å². The SMILES string of the molecule is C=Cc1ccc2c(Cl)cc(-c3ccc(CN(C)C)cc3)nc2c1. The molecule has 3 heteroatoms. The van der Waals surface area contributed by atoms with Crippen LogP contribution in [-0.2, 0) is 6.54 Å². The van der Waals surface area contributed by atoms with Crippen molar-refractivity contribution in [3.8, 4) is 11.3 Å². The van der Waals surface area contributed by atoms with E-state index in [1.54, 1.807) is 0 Å². The summed E-state index contributed by atoms with van der Waals surface area (Å²) in [5.74, 6) is 0. The van der Waals surface area contributed by atoms with E-state index in [0.29, 0.717) is 0 Å². The molecular weight excluding hydrogens is 304 g/mol. The van der Waals surface area contributed by atoms with Crippen molar-refractivity contribution < 1.29 is 0 Å². The first kappa shape index (κ1) is 15.7. The number of benzene rings is 2. The summed E-state index contributed by atoms with van der Waals surface area (Å²) >= 11 is 6.44. The zero-order valence-corrected chi connectivity index (χ0v) is 14.1. The van der Waals surface area contributed by atoms with E-state index in [4.69, 9.17) is 16.6 Å². The zero-order valence-electron chi connectivity index (χ0n) is 13.4. The van der Waals surface area contributed by atoms with Gasteiger partial charge in [0.15, 0.2) is 0 Å². The highest BCUT2D eigenvalue weighted by molar-refractivity contribution is 6.35. The smallest absolute Gasteiger partial charge is 0.0730 e. The van der Waals surface area contributed by atoms with Gasteiger partial charge in [-0.3, -0.25) is 0 Å². The van der Waals surface area contributed by atoms with Gasteiger partial charge in [0.2, 0.25) is 0 Å². The van der Waals surface area contributed by atoms with Crippen molar-refractivity contribution >= 4 is 28.6 Å². The minimum Gasteiger partial charge on any atom is -0.305 e. The molecule has 116 valence electrons. The van der Waals surface area contributed by atoms with Crippen LogP contribution >= 0.6 is 11.6 Å². The Balaban J connectivity index is 2.03. The van der Waals surface area contributed by atoms with Crippen molar-refractivity contribution in [3.63, 3.8) is 0 Å². The van der Waals surface area contributed by atoms with Crippen LogP contribution in [0.3, 0.4) is 0 Å². The monoisotopic (exact) mass is 322 g/mol. The predicted octanol–water partition coefficient (Wildman–Crippen LogP) is 5.26. The molecule has 0 spiro atoms. The number of hydrogen-bond donors (Lipinski definition) is 0. The Kier molecular flexibility index (Phi) is 4.46. The Bertz CT molecular complexity index is 851. The average Bonchev–Trinajstić information content (AvgIpc) is 2.54. The fraction of sp³-hybridized carbons (Fsp3) is 0.150. The summed E-state index contributed by atoms with van der Waals surface area (Å²) in [5.41, 5.74) is 5.17. The lowest BCUT2D eigenvalue weighted by molar-refractivity contribution is 0.402. The minimum absolute atomic E-state index is 0.720. The summed E-state index contributed by atoms with van der Waals surface area (Å²) in [7, 11) is 4.13. The fourth-order valence-corrected chi connectivity index (χ4v) is 2.89. The molecule has 1 aromatic heterocycles. The molecule has 0 fully saturated rings. The Morgan fingerprint density at radius 2 is 1.83 bits per heavy atom. The molecule has 0 saturated carbocycles. The molecule has 3 aromatic rings. The molecule has 0 bridgehead atoms. The lowest BCUT2D eigenvalue weighted by Gasteiger charge is -2.10. The van der Waals surface area contributed by atoms with Crippen molar-refractivity contribution in [1.29, 1.82) is 0 Å². The van der Waals surface area contributed by atoms with Gasteiger partial charge in [-0.1, -0.05) is 60.7 Å². The molecule has 1 heterocycles. The number of rotatable bonds is 4. The molecule has 0 atom stereocenters. The minimum atomic E-state index is 0.720. The standard InChI is InChI=1S/C20H19ClN2/c1-4-14-7-10-17-18(21)12-19(22-20(17)11-14)16-8-5-15(6-9-16)13-23(2)3/h4-12H,1,13H2,2-3H3. The van der Waals surface area contributed by atoms with Gasteiger partial charge in [0, 0.05) is 17.5 Å². The number of pyridine rings is 1. The predicted molar refractivity (Wildman–Crippen MR) is 99.7 cm³/mol. The maximum atomic E-state index is 6.44. The first-order chi connectivity index (χ1) is 11.1. The van der Waals surface area contributed by atoms with E-state index in [-0.39, 0.29) is 0 Å². The van der Waals surface area contributed by atoms with Crippen molar-refractivity contribution in [2.24, 2.45) is 0 Å². The Labute approximate surface area is 142 Å². The van der Waals surface area contributed by atoms with Gasteiger partial charge in [-0.15, -0.1) is 0 Å². The molecule has 2 aromatic carbocycles. The number of hydrogen-bond acceptors (Lipinski definition) is 2. The number of aromatic nitrogens is 1. The van der Waals surface area contributed by atoms with E-state index in [2.05, 4.69) is 49.8 Å². The maximum Gasteiger partial charge on any atom is 0.0730 e. The third-order valence-electron chi connectivity index (χ3n) is 3.77. The second-order valence-electron chi connectivity index (χ2n) is 5.90. The molecule has 23 heavy (non-hydrogen) atoms. The van der Waals surface area contributed by atoms with Crippen molar-refractivity contribution in [2.75, 3.05) is 14.1 Å². The van der Waals surface area contributed by atoms with Crippen LogP contribution in [0.15, 0.2) is 55.1 Å². The second-order valence-corrected chi connectivity index (χ2v) is 6.31. The van der Waals surface area contributed by atoms with Crippen LogP contribution in [0.1, 0.15) is 11.1 Å². The largest absolute Gasteiger partial charge is 0.305 e. The highest BCUT2D eigenvalue weighted by atomic mass is 35.5. The molecule has 0 unspecified atom stereocenters. The van der Waals surface area contributed by atoms with Gasteiger partial charge >= 0.3 is 0 Å². The van der Waals surface area contributed by atoms with Crippen LogP contribution < -0.4 is 0 Å². The molecule has 0 N–H and O–H groups in total. The van der Waals surface area contributed by atoms with Gasteiger partial charge in [-0.2, -0.15) is 0 Å². The second kappa shape index (κ2) is 6.53. The van der Waals surface area contributed by atoms with Gasteiger partial charge in [0.05, 0.1) is 16.2 Å². The molecule has 0 radical (unpaired) electrons. The van der Waals surface area contributed by atoms with Crippen LogP contribution in [-0.4, -0.2) is 24.0 Å². The van der Waals surface area contributed by atoms with Gasteiger partial charge in [0.1, 0.15) is 0 Å². The van der Waals surface area contributed by atoms with E-state index in [9.17, 15) is 0 Å². The van der Waals surface area contributed by atoms with E-state index < -0.39 is 0 Å². The first-order valence-electron chi connectivity index (χ1n) is 7.53. The van der Waals surface area contributed by atoms with Gasteiger partial charge in [-0.05, 0) is 37.4 Å². The normalized spacial score (nSPS) is 11.1. The number of nitrogens with zero attached hydrogens (tertiary/aromatic N) is 2. The molecular formula is C20H19ClN2.